The molecular weight excluding hydrogens is 328 g/mol. The van der Waals surface area contributed by atoms with Gasteiger partial charge in [0.05, 0.1) is 24.2 Å². The van der Waals surface area contributed by atoms with Crippen molar-refractivity contribution in [3.63, 3.8) is 0 Å². The fraction of sp³-hybridized carbons (Fsp3) is 0.150. The highest BCUT2D eigenvalue weighted by atomic mass is 16.5. The molecule has 2 aromatic carbocycles. The summed E-state index contributed by atoms with van der Waals surface area (Å²) in [4.78, 5) is 14.2. The van der Waals surface area contributed by atoms with Gasteiger partial charge in [0.2, 0.25) is 5.91 Å². The highest BCUT2D eigenvalue weighted by molar-refractivity contribution is 5.87. The van der Waals surface area contributed by atoms with Crippen LogP contribution in [0.3, 0.4) is 0 Å². The lowest BCUT2D eigenvalue weighted by Crippen LogP contribution is -2.27. The zero-order valence-electron chi connectivity index (χ0n) is 14.3. The van der Waals surface area contributed by atoms with Crippen molar-refractivity contribution in [1.82, 2.24) is 20.3 Å². The van der Waals surface area contributed by atoms with E-state index in [0.717, 1.165) is 27.9 Å². The van der Waals surface area contributed by atoms with Gasteiger partial charge in [-0.25, -0.2) is 0 Å². The van der Waals surface area contributed by atoms with Crippen molar-refractivity contribution >= 4 is 16.8 Å². The molecule has 0 saturated carbocycles. The number of carbonyl (C=O) groups excluding carboxylic acids is 1. The van der Waals surface area contributed by atoms with Crippen molar-refractivity contribution in [3.8, 4) is 11.3 Å². The van der Waals surface area contributed by atoms with E-state index in [0.29, 0.717) is 12.3 Å². The van der Waals surface area contributed by atoms with Crippen LogP contribution < -0.4 is 0 Å². The second kappa shape index (κ2) is 6.84. The van der Waals surface area contributed by atoms with Gasteiger partial charge in [-0.15, -0.1) is 0 Å². The van der Waals surface area contributed by atoms with E-state index >= 15 is 0 Å². The van der Waals surface area contributed by atoms with Crippen molar-refractivity contribution in [3.05, 3.63) is 72.1 Å². The smallest absolute Gasteiger partial charge is 0.228 e. The Morgan fingerprint density at radius 2 is 1.88 bits per heavy atom. The van der Waals surface area contributed by atoms with Crippen molar-refractivity contribution in [2.24, 2.45) is 0 Å². The molecule has 0 bridgehead atoms. The van der Waals surface area contributed by atoms with Gasteiger partial charge in [0.25, 0.3) is 0 Å². The standard InChI is InChI=1S/C20H18N4O2/c1-24(13-15-11-18(23-26-15)14-7-3-2-4-8-14)20(25)12-19-16-9-5-6-10-17(16)21-22-19/h2-11H,12-13H2,1H3,(H,21,22). The quantitative estimate of drug-likeness (QED) is 0.601. The molecule has 0 fully saturated rings. The minimum Gasteiger partial charge on any atom is -0.359 e. The van der Waals surface area contributed by atoms with Crippen LogP contribution in [0.25, 0.3) is 22.2 Å². The van der Waals surface area contributed by atoms with Crippen LogP contribution in [0.4, 0.5) is 0 Å². The van der Waals surface area contributed by atoms with Crippen LogP contribution in [0.15, 0.2) is 65.2 Å². The summed E-state index contributed by atoms with van der Waals surface area (Å²) in [7, 11) is 1.76. The number of benzene rings is 2. The lowest BCUT2D eigenvalue weighted by atomic mass is 10.1. The molecule has 26 heavy (non-hydrogen) atoms. The van der Waals surface area contributed by atoms with Gasteiger partial charge in [-0.05, 0) is 6.07 Å². The Labute approximate surface area is 150 Å². The Morgan fingerprint density at radius 1 is 1.12 bits per heavy atom. The second-order valence-electron chi connectivity index (χ2n) is 6.19. The minimum absolute atomic E-state index is 0.0166. The van der Waals surface area contributed by atoms with Gasteiger partial charge < -0.3 is 9.42 Å². The number of nitrogens with one attached hydrogen (secondary N) is 1. The van der Waals surface area contributed by atoms with E-state index < -0.39 is 0 Å². The maximum absolute atomic E-state index is 12.6. The summed E-state index contributed by atoms with van der Waals surface area (Å²) >= 11 is 0. The second-order valence-corrected chi connectivity index (χ2v) is 6.19. The molecule has 0 saturated heterocycles. The van der Waals surface area contributed by atoms with E-state index in [2.05, 4.69) is 15.4 Å². The molecule has 4 aromatic rings. The van der Waals surface area contributed by atoms with Gasteiger partial charge in [-0.2, -0.15) is 5.10 Å². The summed E-state index contributed by atoms with van der Waals surface area (Å²) in [6.07, 6.45) is 0.261. The van der Waals surface area contributed by atoms with Crippen molar-refractivity contribution in [1.29, 1.82) is 0 Å². The topological polar surface area (TPSA) is 75.0 Å². The number of likely N-dealkylation sites (N-methyl/N-ethyl adjacent to an activating group) is 1. The predicted molar refractivity (Wildman–Crippen MR) is 98.2 cm³/mol. The zero-order chi connectivity index (χ0) is 17.9. The molecule has 0 spiro atoms. The first-order chi connectivity index (χ1) is 12.7. The fourth-order valence-corrected chi connectivity index (χ4v) is 2.89. The van der Waals surface area contributed by atoms with Crippen LogP contribution >= 0.6 is 0 Å². The normalized spacial score (nSPS) is 11.0. The number of rotatable bonds is 5. The van der Waals surface area contributed by atoms with Gasteiger partial charge in [-0.1, -0.05) is 53.7 Å². The Kier molecular flexibility index (Phi) is 4.23. The lowest BCUT2D eigenvalue weighted by Gasteiger charge is -2.14. The molecule has 0 aliphatic rings. The number of aromatic nitrogens is 3. The highest BCUT2D eigenvalue weighted by Crippen LogP contribution is 2.20. The lowest BCUT2D eigenvalue weighted by molar-refractivity contribution is -0.130. The number of hydrogen-bond acceptors (Lipinski definition) is 4. The molecule has 130 valence electrons. The first kappa shape index (κ1) is 16.1. The van der Waals surface area contributed by atoms with Gasteiger partial charge >= 0.3 is 0 Å². The Hall–Kier alpha value is -3.41. The van der Waals surface area contributed by atoms with Crippen LogP contribution in [0.1, 0.15) is 11.5 Å². The molecular formula is C20H18N4O2. The van der Waals surface area contributed by atoms with E-state index in [9.17, 15) is 4.79 Å². The zero-order valence-corrected chi connectivity index (χ0v) is 14.3. The van der Waals surface area contributed by atoms with Gasteiger partial charge in [0.15, 0.2) is 5.76 Å². The first-order valence-electron chi connectivity index (χ1n) is 8.37. The number of nitrogens with zero attached hydrogens (tertiary/aromatic N) is 3. The number of aromatic amines is 1. The molecule has 6 nitrogen and oxygen atoms in total. The molecule has 6 heteroatoms. The fourth-order valence-electron chi connectivity index (χ4n) is 2.89. The maximum atomic E-state index is 12.6. The third-order valence-corrected chi connectivity index (χ3v) is 4.32. The molecule has 1 amide bonds. The summed E-state index contributed by atoms with van der Waals surface area (Å²) in [5.41, 5.74) is 3.43. The summed E-state index contributed by atoms with van der Waals surface area (Å²) in [5.74, 6) is 0.631. The van der Waals surface area contributed by atoms with E-state index in [1.54, 1.807) is 11.9 Å². The Morgan fingerprint density at radius 3 is 2.73 bits per heavy atom. The summed E-state index contributed by atoms with van der Waals surface area (Å²) < 4.78 is 5.38. The van der Waals surface area contributed by atoms with Gasteiger partial charge in [-0.3, -0.25) is 9.89 Å². The van der Waals surface area contributed by atoms with E-state index in [1.165, 1.54) is 0 Å². The monoisotopic (exact) mass is 346 g/mol. The maximum Gasteiger partial charge on any atom is 0.228 e. The van der Waals surface area contributed by atoms with Gasteiger partial charge in [0.1, 0.15) is 5.69 Å². The number of H-pyrrole nitrogens is 1. The average Bonchev–Trinajstić information content (AvgIpc) is 3.30. The molecule has 0 aliphatic heterocycles. The molecule has 0 atom stereocenters. The van der Waals surface area contributed by atoms with Crippen LogP contribution in [0.2, 0.25) is 0 Å². The largest absolute Gasteiger partial charge is 0.359 e. The van der Waals surface area contributed by atoms with E-state index in [4.69, 9.17) is 4.52 Å². The van der Waals surface area contributed by atoms with E-state index in [1.807, 2.05) is 60.7 Å². The van der Waals surface area contributed by atoms with Crippen molar-refractivity contribution in [2.45, 2.75) is 13.0 Å². The molecule has 1 N–H and O–H groups in total. The third kappa shape index (κ3) is 3.21. The molecule has 0 radical (unpaired) electrons. The van der Waals surface area contributed by atoms with Crippen LogP contribution in [0, 0.1) is 0 Å². The Bertz CT molecular complexity index is 1040. The number of hydrogen-bond donors (Lipinski definition) is 1. The van der Waals surface area contributed by atoms with E-state index in [-0.39, 0.29) is 12.3 Å². The summed E-state index contributed by atoms with van der Waals surface area (Å²) in [6, 6.07) is 19.4. The van der Waals surface area contributed by atoms with Crippen LogP contribution in [0.5, 0.6) is 0 Å². The number of para-hydroxylation sites is 1. The molecule has 2 aromatic heterocycles. The highest BCUT2D eigenvalue weighted by Gasteiger charge is 2.16. The van der Waals surface area contributed by atoms with Crippen molar-refractivity contribution < 1.29 is 9.32 Å². The molecule has 2 heterocycles. The molecule has 0 unspecified atom stereocenters. The predicted octanol–water partition coefficient (Wildman–Crippen LogP) is 3.42. The third-order valence-electron chi connectivity index (χ3n) is 4.32. The number of fused-ring (bicyclic) bond motifs is 1. The summed E-state index contributed by atoms with van der Waals surface area (Å²) in [5, 5.41) is 12.2. The van der Waals surface area contributed by atoms with Crippen molar-refractivity contribution in [2.75, 3.05) is 7.05 Å². The average molecular weight is 346 g/mol. The number of amides is 1. The Balaban J connectivity index is 1.44. The first-order valence-corrected chi connectivity index (χ1v) is 8.37. The SMILES string of the molecule is CN(Cc1cc(-c2ccccc2)no1)C(=O)Cc1[nH]nc2ccccc12. The van der Waals surface area contributed by atoms with Crippen LogP contribution in [-0.2, 0) is 17.8 Å². The minimum atomic E-state index is -0.0166. The van der Waals surface area contributed by atoms with Crippen LogP contribution in [-0.4, -0.2) is 33.2 Å². The van der Waals surface area contributed by atoms with Gasteiger partial charge in [0, 0.05) is 24.1 Å². The molecule has 4 rings (SSSR count). The summed E-state index contributed by atoms with van der Waals surface area (Å²) in [6.45, 7) is 0.366. The molecule has 0 aliphatic carbocycles. The number of carbonyl (C=O) groups is 1.